The van der Waals surface area contributed by atoms with E-state index in [0.29, 0.717) is 0 Å². The van der Waals surface area contributed by atoms with E-state index in [0.717, 1.165) is 12.1 Å². The van der Waals surface area contributed by atoms with Crippen molar-refractivity contribution in [2.75, 3.05) is 0 Å². The van der Waals surface area contributed by atoms with Crippen LogP contribution in [0.3, 0.4) is 0 Å². The summed E-state index contributed by atoms with van der Waals surface area (Å²) in [5.41, 5.74) is 0.877. The van der Waals surface area contributed by atoms with Crippen molar-refractivity contribution in [3.8, 4) is 0 Å². The first-order chi connectivity index (χ1) is 6.38. The molecule has 4 nitrogen and oxygen atoms in total. The normalized spacial score (nSPS) is 13.3. The fraction of sp³-hybridized carbons (Fsp3) is 0.556. The smallest absolute Gasteiger partial charge is 0.743 e. The molecule has 0 spiro atoms. The van der Waals surface area contributed by atoms with Crippen molar-refractivity contribution < 1.29 is 42.5 Å². The van der Waals surface area contributed by atoms with Crippen molar-refractivity contribution >= 4 is 10.1 Å². The molecule has 0 saturated heterocycles. The van der Waals surface area contributed by atoms with E-state index in [2.05, 4.69) is 0 Å². The molecule has 0 aliphatic rings. The van der Waals surface area contributed by atoms with Gasteiger partial charge in [-0.25, -0.2) is 8.42 Å². The van der Waals surface area contributed by atoms with E-state index in [1.807, 2.05) is 13.8 Å². The van der Waals surface area contributed by atoms with Crippen LogP contribution in [-0.4, -0.2) is 17.5 Å². The van der Waals surface area contributed by atoms with Gasteiger partial charge in [0.1, 0.15) is 15.1 Å². The summed E-state index contributed by atoms with van der Waals surface area (Å²) in [6.45, 7) is 4.01. The molecule has 0 aliphatic carbocycles. The zero-order valence-corrected chi connectivity index (χ0v) is 12.3. The zero-order valence-electron chi connectivity index (χ0n) is 9.52. The molecule has 1 atom stereocenters. The molecule has 0 aromatic carbocycles. The summed E-state index contributed by atoms with van der Waals surface area (Å²) in [7, 11) is -2.74. The monoisotopic (exact) mass is 239 g/mol. The molecule has 0 saturated carbocycles. The Hall–Kier alpha value is 0.190. The molecule has 80 valence electrons. The first-order valence-corrected chi connectivity index (χ1v) is 5.90. The predicted molar refractivity (Wildman–Crippen MR) is 52.1 cm³/mol. The average Bonchev–Trinajstić information content (AvgIpc) is 2.45. The molecule has 0 radical (unpaired) electrons. The standard InChI is InChI=1S/C9H15NO3S.Na/c1-4-7(2)8-5-6-9(10(8)3)14(11,12)13;/h5-7H,4H2,1-3H3,(H,11,12,13);/q;+1/p-1. The minimum absolute atomic E-state index is 0. The second kappa shape index (κ2) is 5.50. The second-order valence-electron chi connectivity index (χ2n) is 3.42. The molecule has 0 bridgehead atoms. The van der Waals surface area contributed by atoms with Crippen molar-refractivity contribution in [1.29, 1.82) is 0 Å². The van der Waals surface area contributed by atoms with E-state index < -0.39 is 10.1 Å². The maximum absolute atomic E-state index is 10.8. The molecule has 1 unspecified atom stereocenters. The summed E-state index contributed by atoms with van der Waals surface area (Å²) >= 11 is 0. The fourth-order valence-corrected chi connectivity index (χ4v) is 2.14. The van der Waals surface area contributed by atoms with Gasteiger partial charge < -0.3 is 9.12 Å². The van der Waals surface area contributed by atoms with E-state index in [1.54, 1.807) is 13.1 Å². The predicted octanol–water partition coefficient (Wildman–Crippen LogP) is -1.55. The van der Waals surface area contributed by atoms with Crippen LogP contribution in [-0.2, 0) is 17.2 Å². The number of hydrogen-bond donors (Lipinski definition) is 0. The van der Waals surface area contributed by atoms with Crippen LogP contribution in [0, 0.1) is 0 Å². The Morgan fingerprint density at radius 2 is 2.00 bits per heavy atom. The van der Waals surface area contributed by atoms with Gasteiger partial charge in [0.2, 0.25) is 0 Å². The van der Waals surface area contributed by atoms with E-state index >= 15 is 0 Å². The first kappa shape index (κ1) is 15.2. The first-order valence-electron chi connectivity index (χ1n) is 4.49. The number of hydrogen-bond acceptors (Lipinski definition) is 3. The third kappa shape index (κ3) is 3.32. The van der Waals surface area contributed by atoms with Crippen LogP contribution >= 0.6 is 0 Å². The molecule has 6 heteroatoms. The number of rotatable bonds is 3. The Morgan fingerprint density at radius 1 is 1.47 bits per heavy atom. The van der Waals surface area contributed by atoms with Gasteiger partial charge in [0.05, 0.1) is 0 Å². The Balaban J connectivity index is 0.00000196. The van der Waals surface area contributed by atoms with E-state index in [9.17, 15) is 13.0 Å². The molecular formula is C9H14NNaO3S. The Labute approximate surface area is 113 Å². The van der Waals surface area contributed by atoms with E-state index in [-0.39, 0.29) is 40.5 Å². The topological polar surface area (TPSA) is 62.1 Å². The number of nitrogens with zero attached hydrogens (tertiary/aromatic N) is 1. The third-order valence-corrected chi connectivity index (χ3v) is 3.41. The van der Waals surface area contributed by atoms with Gasteiger partial charge in [-0.3, -0.25) is 0 Å². The van der Waals surface area contributed by atoms with Crippen molar-refractivity contribution in [2.45, 2.75) is 31.2 Å². The quantitative estimate of drug-likeness (QED) is 0.474. The number of aromatic nitrogens is 1. The molecule has 0 aliphatic heterocycles. The Morgan fingerprint density at radius 3 is 2.33 bits per heavy atom. The molecule has 0 N–H and O–H groups in total. The van der Waals surface area contributed by atoms with Gasteiger partial charge in [0.25, 0.3) is 0 Å². The van der Waals surface area contributed by atoms with Crippen LogP contribution in [0.4, 0.5) is 0 Å². The van der Waals surface area contributed by atoms with Crippen LogP contribution in [0.2, 0.25) is 0 Å². The largest absolute Gasteiger partial charge is 1.00 e. The summed E-state index contributed by atoms with van der Waals surface area (Å²) in [4.78, 5) is 0. The van der Waals surface area contributed by atoms with Crippen LogP contribution in [0.15, 0.2) is 17.2 Å². The molecule has 1 rings (SSSR count). The molecule has 0 fully saturated rings. The summed E-state index contributed by atoms with van der Waals surface area (Å²) in [6, 6.07) is 3.06. The van der Waals surface area contributed by atoms with Gasteiger partial charge in [-0.05, 0) is 24.5 Å². The summed E-state index contributed by atoms with van der Waals surface area (Å²) in [5.74, 6) is 0.260. The zero-order chi connectivity index (χ0) is 10.9. The van der Waals surface area contributed by atoms with Gasteiger partial charge in [0.15, 0.2) is 0 Å². The Bertz CT molecular complexity index is 425. The maximum Gasteiger partial charge on any atom is 1.00 e. The van der Waals surface area contributed by atoms with Crippen molar-refractivity contribution in [3.63, 3.8) is 0 Å². The SMILES string of the molecule is CCC(C)c1ccc(S(=O)(=O)[O-])n1C.[Na+]. The van der Waals surface area contributed by atoms with Crippen LogP contribution in [0.25, 0.3) is 0 Å². The summed E-state index contributed by atoms with van der Waals surface area (Å²) in [6.07, 6.45) is 0.913. The fourth-order valence-electron chi connectivity index (χ4n) is 1.46. The van der Waals surface area contributed by atoms with Gasteiger partial charge in [-0.2, -0.15) is 0 Å². The van der Waals surface area contributed by atoms with Gasteiger partial charge in [0, 0.05) is 12.7 Å². The summed E-state index contributed by atoms with van der Waals surface area (Å²) < 4.78 is 33.9. The second-order valence-corrected chi connectivity index (χ2v) is 4.75. The third-order valence-electron chi connectivity index (χ3n) is 2.49. The molecule has 1 aromatic rings. The van der Waals surface area contributed by atoms with Crippen LogP contribution in [0.1, 0.15) is 31.9 Å². The van der Waals surface area contributed by atoms with Crippen molar-refractivity contribution in [3.05, 3.63) is 17.8 Å². The molecule has 0 amide bonds. The van der Waals surface area contributed by atoms with Crippen LogP contribution < -0.4 is 29.6 Å². The minimum atomic E-state index is -4.34. The molecule has 1 heterocycles. The van der Waals surface area contributed by atoms with E-state index in [4.69, 9.17) is 0 Å². The van der Waals surface area contributed by atoms with Crippen molar-refractivity contribution in [1.82, 2.24) is 4.57 Å². The van der Waals surface area contributed by atoms with E-state index in [1.165, 1.54) is 10.6 Å². The van der Waals surface area contributed by atoms with Gasteiger partial charge in [-0.15, -0.1) is 0 Å². The average molecular weight is 239 g/mol. The summed E-state index contributed by atoms with van der Waals surface area (Å²) in [5, 5.41) is -0.159. The molecule has 15 heavy (non-hydrogen) atoms. The minimum Gasteiger partial charge on any atom is -0.743 e. The van der Waals surface area contributed by atoms with Crippen molar-refractivity contribution in [2.24, 2.45) is 7.05 Å². The Kier molecular flexibility index (Phi) is 5.57. The van der Waals surface area contributed by atoms with Gasteiger partial charge in [-0.1, -0.05) is 13.8 Å². The van der Waals surface area contributed by atoms with Crippen LogP contribution in [0.5, 0.6) is 0 Å². The molecular weight excluding hydrogens is 225 g/mol. The molecule has 1 aromatic heterocycles. The van der Waals surface area contributed by atoms with Gasteiger partial charge >= 0.3 is 29.6 Å². The maximum atomic E-state index is 10.8.